The molecule has 1 saturated carbocycles. The Kier molecular flexibility index (Phi) is 7.66. The third-order valence-electron chi connectivity index (χ3n) is 5.57. The second-order valence-corrected chi connectivity index (χ2v) is 7.92. The lowest BCUT2D eigenvalue weighted by Gasteiger charge is -2.09. The Morgan fingerprint density at radius 1 is 1.09 bits per heavy atom. The van der Waals surface area contributed by atoms with E-state index in [1.54, 1.807) is 24.4 Å². The van der Waals surface area contributed by atoms with Crippen molar-refractivity contribution < 1.29 is 14.7 Å². The number of phenols is 1. The van der Waals surface area contributed by atoms with Crippen molar-refractivity contribution in [1.29, 1.82) is 0 Å². The highest BCUT2D eigenvalue weighted by Gasteiger charge is 2.34. The van der Waals surface area contributed by atoms with Crippen molar-refractivity contribution in [3.63, 3.8) is 0 Å². The van der Waals surface area contributed by atoms with Crippen LogP contribution in [0.5, 0.6) is 5.75 Å². The Morgan fingerprint density at radius 2 is 1.84 bits per heavy atom. The molecule has 2 atom stereocenters. The van der Waals surface area contributed by atoms with E-state index in [1.807, 2.05) is 24.3 Å². The Hall–Kier alpha value is -3.16. The number of amides is 2. The first-order chi connectivity index (χ1) is 15.0. The highest BCUT2D eigenvalue weighted by molar-refractivity contribution is 6.07. The van der Waals surface area contributed by atoms with Crippen LogP contribution in [-0.4, -0.2) is 34.5 Å². The number of aromatic hydroxyl groups is 1. The maximum absolute atomic E-state index is 12.5. The number of unbranched alkanes of at least 4 members (excludes halogenated alkanes) is 1. The maximum Gasteiger partial charge on any atom is 0.251 e. The molecular weight excluding hydrogens is 428 g/mol. The summed E-state index contributed by atoms with van der Waals surface area (Å²) >= 11 is 0. The Bertz CT molecular complexity index is 1100. The highest BCUT2D eigenvalue weighted by Crippen LogP contribution is 2.39. The fourth-order valence-electron chi connectivity index (χ4n) is 3.70. The lowest BCUT2D eigenvalue weighted by Crippen LogP contribution is -2.25. The molecule has 1 aromatic heterocycles. The number of hydrogen-bond donors (Lipinski definition) is 4. The fraction of sp³-hybridized carbons (Fsp3) is 0.292. The molecule has 32 heavy (non-hydrogen) atoms. The van der Waals surface area contributed by atoms with E-state index in [2.05, 4.69) is 15.6 Å². The van der Waals surface area contributed by atoms with Gasteiger partial charge in [-0.1, -0.05) is 18.2 Å². The lowest BCUT2D eigenvalue weighted by molar-refractivity contribution is -0.116. The van der Waals surface area contributed by atoms with Gasteiger partial charge in [-0.05, 0) is 55.2 Å². The molecule has 7 nitrogen and oxygen atoms in total. The standard InChI is InChI=1S/C24H26N4O3.ClH/c25-20-14-19(20)15-6-8-16(9-7-15)28-22(30)5-1-2-12-27-24(31)18-10-11-21(29)23-17(18)4-3-13-26-23;/h3-4,6-11,13,19-20,29H,1-2,5,12,14,25H2,(H,27,31)(H,28,30);1H. The third-order valence-corrected chi connectivity index (χ3v) is 5.57. The molecule has 0 saturated heterocycles. The SMILES string of the molecule is Cl.NC1CC1c1ccc(NC(=O)CCCCNC(=O)c2ccc(O)c3ncccc23)cc1. The molecule has 2 unspecified atom stereocenters. The molecule has 0 aliphatic heterocycles. The van der Waals surface area contributed by atoms with Gasteiger partial charge < -0.3 is 21.5 Å². The molecule has 2 amide bonds. The summed E-state index contributed by atoms with van der Waals surface area (Å²) < 4.78 is 0. The zero-order valence-corrected chi connectivity index (χ0v) is 18.4. The number of carbonyl (C=O) groups excluding carboxylic acids is 2. The van der Waals surface area contributed by atoms with Gasteiger partial charge in [-0.15, -0.1) is 12.4 Å². The first kappa shape index (κ1) is 23.5. The molecule has 1 fully saturated rings. The maximum atomic E-state index is 12.5. The van der Waals surface area contributed by atoms with Crippen LogP contribution < -0.4 is 16.4 Å². The summed E-state index contributed by atoms with van der Waals surface area (Å²) in [4.78, 5) is 28.8. The molecule has 2 aromatic carbocycles. The third kappa shape index (κ3) is 5.55. The van der Waals surface area contributed by atoms with E-state index in [0.717, 1.165) is 12.1 Å². The summed E-state index contributed by atoms with van der Waals surface area (Å²) in [5.74, 6) is 0.232. The number of carbonyl (C=O) groups is 2. The van der Waals surface area contributed by atoms with Crippen LogP contribution in [0.4, 0.5) is 5.69 Å². The number of phenolic OH excluding ortho intramolecular Hbond substituents is 1. The molecular formula is C24H27ClN4O3. The highest BCUT2D eigenvalue weighted by atomic mass is 35.5. The van der Waals surface area contributed by atoms with Gasteiger partial charge in [0.25, 0.3) is 5.91 Å². The van der Waals surface area contributed by atoms with Crippen molar-refractivity contribution in [2.24, 2.45) is 5.73 Å². The van der Waals surface area contributed by atoms with Crippen molar-refractivity contribution in [2.45, 2.75) is 37.6 Å². The normalized spacial score (nSPS) is 16.8. The number of aromatic nitrogens is 1. The number of nitrogens with one attached hydrogen (secondary N) is 2. The molecule has 0 spiro atoms. The quantitative estimate of drug-likeness (QED) is 0.387. The predicted molar refractivity (Wildman–Crippen MR) is 127 cm³/mol. The minimum Gasteiger partial charge on any atom is -0.506 e. The number of nitrogens with zero attached hydrogens (tertiary/aromatic N) is 1. The molecule has 8 heteroatoms. The van der Waals surface area contributed by atoms with Crippen LogP contribution in [0.15, 0.2) is 54.7 Å². The topological polar surface area (TPSA) is 117 Å². The van der Waals surface area contributed by atoms with Gasteiger partial charge in [0.15, 0.2) is 0 Å². The number of fused-ring (bicyclic) bond motifs is 1. The van der Waals surface area contributed by atoms with Gasteiger partial charge >= 0.3 is 0 Å². The van der Waals surface area contributed by atoms with Crippen LogP contribution in [0.2, 0.25) is 0 Å². The number of benzene rings is 2. The van der Waals surface area contributed by atoms with Gasteiger partial charge in [-0.25, -0.2) is 0 Å². The summed E-state index contributed by atoms with van der Waals surface area (Å²) in [5.41, 5.74) is 8.74. The monoisotopic (exact) mass is 454 g/mol. The van der Waals surface area contributed by atoms with Crippen LogP contribution in [0, 0.1) is 0 Å². The van der Waals surface area contributed by atoms with E-state index < -0.39 is 0 Å². The average molecular weight is 455 g/mol. The molecule has 4 rings (SSSR count). The second-order valence-electron chi connectivity index (χ2n) is 7.92. The lowest BCUT2D eigenvalue weighted by atomic mass is 10.1. The van der Waals surface area contributed by atoms with E-state index in [4.69, 9.17) is 5.73 Å². The van der Waals surface area contributed by atoms with Crippen LogP contribution in [0.3, 0.4) is 0 Å². The van der Waals surface area contributed by atoms with Crippen molar-refractivity contribution >= 4 is 40.8 Å². The van der Waals surface area contributed by atoms with Gasteiger partial charge in [0.1, 0.15) is 11.3 Å². The summed E-state index contributed by atoms with van der Waals surface area (Å²) in [6.45, 7) is 0.463. The Balaban J connectivity index is 0.00000289. The smallest absolute Gasteiger partial charge is 0.251 e. The summed E-state index contributed by atoms with van der Waals surface area (Å²) in [7, 11) is 0. The molecule has 3 aromatic rings. The number of rotatable bonds is 8. The van der Waals surface area contributed by atoms with Crippen LogP contribution in [0.25, 0.3) is 10.9 Å². The largest absolute Gasteiger partial charge is 0.506 e. The van der Waals surface area contributed by atoms with Crippen molar-refractivity contribution in [3.8, 4) is 5.75 Å². The van der Waals surface area contributed by atoms with Gasteiger partial charge in [0.05, 0.1) is 0 Å². The number of anilines is 1. The van der Waals surface area contributed by atoms with Crippen LogP contribution in [0.1, 0.15) is 47.5 Å². The van der Waals surface area contributed by atoms with Crippen molar-refractivity contribution in [2.75, 3.05) is 11.9 Å². The van der Waals surface area contributed by atoms with E-state index in [-0.39, 0.29) is 36.0 Å². The van der Waals surface area contributed by atoms with Crippen LogP contribution in [-0.2, 0) is 4.79 Å². The first-order valence-electron chi connectivity index (χ1n) is 10.5. The minimum atomic E-state index is -0.224. The fourth-order valence-corrected chi connectivity index (χ4v) is 3.70. The summed E-state index contributed by atoms with van der Waals surface area (Å²) in [6, 6.07) is 14.7. The Labute approximate surface area is 192 Å². The van der Waals surface area contributed by atoms with Gasteiger partial charge in [0, 0.05) is 47.8 Å². The van der Waals surface area contributed by atoms with Crippen molar-refractivity contribution in [3.05, 3.63) is 65.9 Å². The molecule has 1 aliphatic carbocycles. The van der Waals surface area contributed by atoms with E-state index in [9.17, 15) is 14.7 Å². The van der Waals surface area contributed by atoms with Crippen molar-refractivity contribution in [1.82, 2.24) is 10.3 Å². The molecule has 168 valence electrons. The van der Waals surface area contributed by atoms with Crippen LogP contribution >= 0.6 is 12.4 Å². The first-order valence-corrected chi connectivity index (χ1v) is 10.5. The predicted octanol–water partition coefficient (Wildman–Crippen LogP) is 3.72. The molecule has 1 aliphatic rings. The molecule has 1 heterocycles. The summed E-state index contributed by atoms with van der Waals surface area (Å²) in [5, 5.41) is 16.3. The zero-order valence-electron chi connectivity index (χ0n) is 17.6. The zero-order chi connectivity index (χ0) is 21.8. The minimum absolute atomic E-state index is 0. The van der Waals surface area contributed by atoms with Gasteiger partial charge in [-0.2, -0.15) is 0 Å². The number of hydrogen-bond acceptors (Lipinski definition) is 5. The second kappa shape index (κ2) is 10.4. The summed E-state index contributed by atoms with van der Waals surface area (Å²) in [6.07, 6.45) is 4.34. The van der Waals surface area contributed by atoms with E-state index in [0.29, 0.717) is 48.2 Å². The number of nitrogens with two attached hydrogens (primary N) is 1. The molecule has 0 radical (unpaired) electrons. The van der Waals surface area contributed by atoms with Gasteiger partial charge in [0.2, 0.25) is 5.91 Å². The molecule has 5 N–H and O–H groups in total. The average Bonchev–Trinajstić information content (AvgIpc) is 3.51. The van der Waals surface area contributed by atoms with E-state index >= 15 is 0 Å². The number of pyridine rings is 1. The Morgan fingerprint density at radius 3 is 2.56 bits per heavy atom. The van der Waals surface area contributed by atoms with E-state index in [1.165, 1.54) is 11.6 Å². The van der Waals surface area contributed by atoms with Gasteiger partial charge in [-0.3, -0.25) is 14.6 Å². The number of halogens is 1. The molecule has 0 bridgehead atoms.